The van der Waals surface area contributed by atoms with Crippen molar-refractivity contribution in [1.29, 1.82) is 0 Å². The maximum Gasteiger partial charge on any atom is 0.336 e. The van der Waals surface area contributed by atoms with E-state index in [0.717, 1.165) is 4.90 Å². The van der Waals surface area contributed by atoms with Crippen molar-refractivity contribution >= 4 is 29.6 Å². The fourth-order valence-electron chi connectivity index (χ4n) is 3.85. The lowest BCUT2D eigenvalue weighted by Crippen LogP contribution is -2.54. The molecule has 7 nitrogen and oxygen atoms in total. The molecule has 0 aliphatic carbocycles. The zero-order valence-electron chi connectivity index (χ0n) is 20.8. The van der Waals surface area contributed by atoms with E-state index in [1.54, 1.807) is 43.3 Å². The average molecular weight is 465 g/mol. The number of hydrogen-bond acceptors (Lipinski definition) is 5. The molecular weight excluding hydrogens is 432 g/mol. The smallest absolute Gasteiger partial charge is 0.336 e. The van der Waals surface area contributed by atoms with E-state index in [1.807, 2.05) is 41.5 Å². The molecule has 2 N–H and O–H groups in total. The quantitative estimate of drug-likeness (QED) is 0.487. The number of phenolic OH excluding ortho intramolecular Hbond substituents is 1. The normalized spacial score (nSPS) is 16.1. The van der Waals surface area contributed by atoms with Crippen LogP contribution in [-0.4, -0.2) is 29.6 Å². The van der Waals surface area contributed by atoms with Gasteiger partial charge in [-0.2, -0.15) is 0 Å². The SMILES string of the molecule is CCOc1ccccc1N1C(=O)NC(=O)/C(=C\c2cc(C(C)(C)C)c(O)c(C(C)(C)C)c2)C1=O. The Morgan fingerprint density at radius 2 is 1.53 bits per heavy atom. The number of benzene rings is 2. The van der Waals surface area contributed by atoms with Crippen molar-refractivity contribution in [1.82, 2.24) is 5.32 Å². The molecule has 2 aromatic rings. The number of carbonyl (C=O) groups is 3. The molecule has 0 aromatic heterocycles. The number of imide groups is 2. The lowest BCUT2D eigenvalue weighted by atomic mass is 9.78. The Bertz CT molecular complexity index is 1150. The molecule has 2 aromatic carbocycles. The van der Waals surface area contributed by atoms with Gasteiger partial charge in [0.15, 0.2) is 0 Å². The van der Waals surface area contributed by atoms with E-state index in [4.69, 9.17) is 4.74 Å². The van der Waals surface area contributed by atoms with Crippen molar-refractivity contribution in [2.24, 2.45) is 0 Å². The van der Waals surface area contributed by atoms with Gasteiger partial charge in [-0.25, -0.2) is 9.69 Å². The molecule has 3 rings (SSSR count). The number of rotatable bonds is 4. The van der Waals surface area contributed by atoms with Crippen LogP contribution in [0.25, 0.3) is 6.08 Å². The number of hydrogen-bond donors (Lipinski definition) is 2. The van der Waals surface area contributed by atoms with E-state index in [0.29, 0.717) is 29.0 Å². The lowest BCUT2D eigenvalue weighted by molar-refractivity contribution is -0.122. The summed E-state index contributed by atoms with van der Waals surface area (Å²) < 4.78 is 5.58. The van der Waals surface area contributed by atoms with Gasteiger partial charge >= 0.3 is 6.03 Å². The number of para-hydroxylation sites is 2. The number of nitrogens with one attached hydrogen (secondary N) is 1. The number of urea groups is 1. The summed E-state index contributed by atoms with van der Waals surface area (Å²) in [7, 11) is 0. The standard InChI is InChI=1S/C27H32N2O5/c1-8-34-21-12-10-9-11-20(21)29-24(32)17(23(31)28-25(29)33)13-16-14-18(26(2,3)4)22(30)19(15-16)27(5,6)7/h9-15,30H,8H2,1-7H3,(H,28,31,33)/b17-13+. The van der Waals surface area contributed by atoms with Gasteiger partial charge in [0.1, 0.15) is 17.1 Å². The van der Waals surface area contributed by atoms with Crippen LogP contribution in [0.3, 0.4) is 0 Å². The number of ether oxygens (including phenoxy) is 1. The molecule has 0 bridgehead atoms. The van der Waals surface area contributed by atoms with Crippen molar-refractivity contribution in [3.8, 4) is 11.5 Å². The molecule has 4 amide bonds. The fourth-order valence-corrected chi connectivity index (χ4v) is 3.85. The van der Waals surface area contributed by atoms with Crippen LogP contribution >= 0.6 is 0 Å². The maximum atomic E-state index is 13.4. The molecule has 7 heteroatoms. The molecule has 180 valence electrons. The second-order valence-corrected chi connectivity index (χ2v) is 10.3. The summed E-state index contributed by atoms with van der Waals surface area (Å²) in [5.74, 6) is -0.965. The Hall–Kier alpha value is -3.61. The predicted molar refractivity (Wildman–Crippen MR) is 132 cm³/mol. The second-order valence-electron chi connectivity index (χ2n) is 10.3. The van der Waals surface area contributed by atoms with E-state index in [9.17, 15) is 19.5 Å². The number of nitrogens with zero attached hydrogens (tertiary/aromatic N) is 1. The molecule has 34 heavy (non-hydrogen) atoms. The zero-order chi connectivity index (χ0) is 25.4. The van der Waals surface area contributed by atoms with E-state index >= 15 is 0 Å². The molecule has 0 atom stereocenters. The first kappa shape index (κ1) is 25.0. The zero-order valence-corrected chi connectivity index (χ0v) is 20.8. The third-order valence-electron chi connectivity index (χ3n) is 5.57. The number of phenols is 1. The number of barbiturate groups is 1. The highest BCUT2D eigenvalue weighted by atomic mass is 16.5. The van der Waals surface area contributed by atoms with E-state index in [1.165, 1.54) is 6.08 Å². The third-order valence-corrected chi connectivity index (χ3v) is 5.57. The van der Waals surface area contributed by atoms with Gasteiger partial charge in [-0.15, -0.1) is 0 Å². The van der Waals surface area contributed by atoms with Gasteiger partial charge in [0.05, 0.1) is 12.3 Å². The highest BCUT2D eigenvalue weighted by Gasteiger charge is 2.38. The van der Waals surface area contributed by atoms with Gasteiger partial charge in [0.2, 0.25) is 0 Å². The minimum Gasteiger partial charge on any atom is -0.507 e. The Balaban J connectivity index is 2.17. The molecule has 0 unspecified atom stereocenters. The lowest BCUT2D eigenvalue weighted by Gasteiger charge is -2.29. The first-order valence-corrected chi connectivity index (χ1v) is 11.3. The average Bonchev–Trinajstić information content (AvgIpc) is 2.71. The van der Waals surface area contributed by atoms with Crippen LogP contribution in [0.1, 0.15) is 65.2 Å². The van der Waals surface area contributed by atoms with Gasteiger partial charge in [-0.05, 0) is 53.7 Å². The number of aromatic hydroxyl groups is 1. The monoisotopic (exact) mass is 464 g/mol. The molecule has 1 saturated heterocycles. The summed E-state index contributed by atoms with van der Waals surface area (Å²) in [4.78, 5) is 39.7. The van der Waals surface area contributed by atoms with E-state index in [-0.39, 0.29) is 27.8 Å². The summed E-state index contributed by atoms with van der Waals surface area (Å²) in [5.41, 5.74) is 1.29. The first-order valence-electron chi connectivity index (χ1n) is 11.3. The van der Waals surface area contributed by atoms with Gasteiger partial charge < -0.3 is 9.84 Å². The van der Waals surface area contributed by atoms with Crippen molar-refractivity contribution in [3.63, 3.8) is 0 Å². The van der Waals surface area contributed by atoms with Gasteiger partial charge in [0.25, 0.3) is 11.8 Å². The van der Waals surface area contributed by atoms with Gasteiger partial charge in [0, 0.05) is 11.1 Å². The second kappa shape index (κ2) is 8.97. The molecule has 1 aliphatic rings. The predicted octanol–water partition coefficient (Wildman–Crippen LogP) is 5.05. The summed E-state index contributed by atoms with van der Waals surface area (Å²) in [6.07, 6.45) is 1.46. The first-order chi connectivity index (χ1) is 15.8. The van der Waals surface area contributed by atoms with Crippen molar-refractivity contribution < 1.29 is 24.2 Å². The van der Waals surface area contributed by atoms with Crippen molar-refractivity contribution in [2.75, 3.05) is 11.5 Å². The van der Waals surface area contributed by atoms with Crippen LogP contribution in [0.5, 0.6) is 11.5 Å². The topological polar surface area (TPSA) is 95.9 Å². The minimum absolute atomic E-state index is 0.184. The molecule has 1 aliphatic heterocycles. The highest BCUT2D eigenvalue weighted by Crippen LogP contribution is 2.40. The van der Waals surface area contributed by atoms with Gasteiger partial charge in [-0.1, -0.05) is 53.7 Å². The molecular formula is C27H32N2O5. The largest absolute Gasteiger partial charge is 0.507 e. The molecule has 1 heterocycles. The Labute approximate surface area is 200 Å². The van der Waals surface area contributed by atoms with Crippen molar-refractivity contribution in [2.45, 2.75) is 59.3 Å². The van der Waals surface area contributed by atoms with Crippen LogP contribution < -0.4 is 15.0 Å². The minimum atomic E-state index is -0.837. The van der Waals surface area contributed by atoms with Gasteiger partial charge in [-0.3, -0.25) is 14.9 Å². The Morgan fingerprint density at radius 1 is 0.971 bits per heavy atom. The van der Waals surface area contributed by atoms with E-state index < -0.39 is 17.8 Å². The number of amides is 4. The van der Waals surface area contributed by atoms with E-state index in [2.05, 4.69) is 5.32 Å². The van der Waals surface area contributed by atoms with Crippen LogP contribution in [0.15, 0.2) is 42.0 Å². The molecule has 0 spiro atoms. The molecule has 0 saturated carbocycles. The van der Waals surface area contributed by atoms with Crippen LogP contribution in [0, 0.1) is 0 Å². The summed E-state index contributed by atoms with van der Waals surface area (Å²) in [6.45, 7) is 14.0. The Kier molecular flexibility index (Phi) is 6.60. The third kappa shape index (κ3) is 4.83. The molecule has 1 fully saturated rings. The number of carbonyl (C=O) groups excluding carboxylic acids is 3. The van der Waals surface area contributed by atoms with Crippen LogP contribution in [0.2, 0.25) is 0 Å². The van der Waals surface area contributed by atoms with Crippen molar-refractivity contribution in [3.05, 3.63) is 58.7 Å². The number of anilines is 1. The van der Waals surface area contributed by atoms with Crippen LogP contribution in [0.4, 0.5) is 10.5 Å². The Morgan fingerprint density at radius 3 is 2.06 bits per heavy atom. The summed E-state index contributed by atoms with van der Waals surface area (Å²) in [6, 6.07) is 9.37. The summed E-state index contributed by atoms with van der Waals surface area (Å²) in [5, 5.41) is 13.2. The maximum absolute atomic E-state index is 13.4. The highest BCUT2D eigenvalue weighted by molar-refractivity contribution is 6.39. The van der Waals surface area contributed by atoms with Crippen LogP contribution in [-0.2, 0) is 20.4 Å². The fraction of sp³-hybridized carbons (Fsp3) is 0.370. The molecule has 0 radical (unpaired) electrons. The summed E-state index contributed by atoms with van der Waals surface area (Å²) >= 11 is 0.